The van der Waals surface area contributed by atoms with Crippen LogP contribution < -0.4 is 20.9 Å². The van der Waals surface area contributed by atoms with E-state index in [1.807, 2.05) is 13.0 Å². The Balaban J connectivity index is 1.45. The SMILES string of the molecule is Cc1cc(N2CCCCC2)nc(NCCNC(=O)Nc2ccc(F)cc2)n1. The number of rotatable bonds is 6. The number of aromatic nitrogens is 2. The van der Waals surface area contributed by atoms with Crippen LogP contribution in [-0.2, 0) is 0 Å². The molecular formula is C19H25FN6O. The number of nitrogens with zero attached hydrogens (tertiary/aromatic N) is 3. The van der Waals surface area contributed by atoms with Crippen LogP contribution in [-0.4, -0.2) is 42.2 Å². The number of urea groups is 1. The van der Waals surface area contributed by atoms with E-state index < -0.39 is 0 Å². The third-order valence-electron chi connectivity index (χ3n) is 4.32. The van der Waals surface area contributed by atoms with E-state index in [0.717, 1.165) is 24.6 Å². The molecule has 7 nitrogen and oxygen atoms in total. The fourth-order valence-electron chi connectivity index (χ4n) is 2.97. The Hall–Kier alpha value is -2.90. The van der Waals surface area contributed by atoms with Gasteiger partial charge in [-0.3, -0.25) is 0 Å². The van der Waals surface area contributed by atoms with E-state index in [1.165, 1.54) is 43.5 Å². The largest absolute Gasteiger partial charge is 0.356 e. The molecule has 1 aliphatic rings. The molecule has 2 aromatic rings. The van der Waals surface area contributed by atoms with Crippen molar-refractivity contribution >= 4 is 23.5 Å². The van der Waals surface area contributed by atoms with Crippen molar-refractivity contribution in [3.05, 3.63) is 41.8 Å². The fraction of sp³-hybridized carbons (Fsp3) is 0.421. The van der Waals surface area contributed by atoms with E-state index in [-0.39, 0.29) is 11.8 Å². The first-order valence-electron chi connectivity index (χ1n) is 9.25. The maximum absolute atomic E-state index is 12.9. The van der Waals surface area contributed by atoms with Gasteiger partial charge in [0.1, 0.15) is 11.6 Å². The van der Waals surface area contributed by atoms with E-state index in [1.54, 1.807) is 0 Å². The molecule has 2 amide bonds. The summed E-state index contributed by atoms with van der Waals surface area (Å²) < 4.78 is 12.9. The van der Waals surface area contributed by atoms with Gasteiger partial charge < -0.3 is 20.9 Å². The molecule has 0 bridgehead atoms. The predicted octanol–water partition coefficient (Wildman–Crippen LogP) is 3.15. The van der Waals surface area contributed by atoms with Crippen molar-refractivity contribution in [1.82, 2.24) is 15.3 Å². The predicted molar refractivity (Wildman–Crippen MR) is 105 cm³/mol. The first-order valence-corrected chi connectivity index (χ1v) is 9.25. The van der Waals surface area contributed by atoms with Gasteiger partial charge in [0, 0.05) is 43.6 Å². The molecule has 2 heterocycles. The molecule has 1 fully saturated rings. The first kappa shape index (κ1) is 18.9. The normalized spacial score (nSPS) is 13.9. The Morgan fingerprint density at radius 1 is 1.11 bits per heavy atom. The summed E-state index contributed by atoms with van der Waals surface area (Å²) in [6.45, 7) is 4.92. The Labute approximate surface area is 158 Å². The summed E-state index contributed by atoms with van der Waals surface area (Å²) >= 11 is 0. The molecule has 3 rings (SSSR count). The number of benzene rings is 1. The molecule has 0 aliphatic carbocycles. The topological polar surface area (TPSA) is 82.2 Å². The van der Waals surface area contributed by atoms with Crippen LogP contribution in [0.1, 0.15) is 25.0 Å². The Kier molecular flexibility index (Phi) is 6.40. The van der Waals surface area contributed by atoms with Gasteiger partial charge in [-0.2, -0.15) is 4.98 Å². The van der Waals surface area contributed by atoms with Gasteiger partial charge in [-0.1, -0.05) is 0 Å². The van der Waals surface area contributed by atoms with Crippen molar-refractivity contribution in [2.45, 2.75) is 26.2 Å². The van der Waals surface area contributed by atoms with Crippen LogP contribution in [0, 0.1) is 12.7 Å². The van der Waals surface area contributed by atoms with Crippen LogP contribution in [0.5, 0.6) is 0 Å². The van der Waals surface area contributed by atoms with Crippen LogP contribution in [0.2, 0.25) is 0 Å². The number of anilines is 3. The zero-order chi connectivity index (χ0) is 19.1. The van der Waals surface area contributed by atoms with E-state index in [0.29, 0.717) is 24.7 Å². The molecule has 0 radical (unpaired) electrons. The lowest BCUT2D eigenvalue weighted by Crippen LogP contribution is -2.33. The molecule has 1 aromatic heterocycles. The van der Waals surface area contributed by atoms with Gasteiger partial charge >= 0.3 is 6.03 Å². The highest BCUT2D eigenvalue weighted by Crippen LogP contribution is 2.19. The molecule has 1 aliphatic heterocycles. The highest BCUT2D eigenvalue weighted by molar-refractivity contribution is 5.89. The van der Waals surface area contributed by atoms with Gasteiger partial charge in [-0.05, 0) is 50.5 Å². The number of piperidine rings is 1. The summed E-state index contributed by atoms with van der Waals surface area (Å²) in [4.78, 5) is 23.1. The zero-order valence-electron chi connectivity index (χ0n) is 15.5. The average molecular weight is 372 g/mol. The van der Waals surface area contributed by atoms with Crippen molar-refractivity contribution in [3.8, 4) is 0 Å². The summed E-state index contributed by atoms with van der Waals surface area (Å²) in [6.07, 6.45) is 3.66. The molecule has 0 unspecified atom stereocenters. The first-order chi connectivity index (χ1) is 13.1. The summed E-state index contributed by atoms with van der Waals surface area (Å²) in [5.74, 6) is 1.18. The third kappa shape index (κ3) is 5.80. The quantitative estimate of drug-likeness (QED) is 0.679. The monoisotopic (exact) mass is 372 g/mol. The molecule has 144 valence electrons. The van der Waals surface area contributed by atoms with Gasteiger partial charge in [-0.25, -0.2) is 14.2 Å². The molecule has 3 N–H and O–H groups in total. The van der Waals surface area contributed by atoms with Crippen LogP contribution in [0.3, 0.4) is 0 Å². The highest BCUT2D eigenvalue weighted by atomic mass is 19.1. The summed E-state index contributed by atoms with van der Waals surface area (Å²) in [6, 6.07) is 7.28. The summed E-state index contributed by atoms with van der Waals surface area (Å²) in [7, 11) is 0. The Morgan fingerprint density at radius 3 is 2.59 bits per heavy atom. The van der Waals surface area contributed by atoms with Crippen LogP contribution in [0.4, 0.5) is 26.6 Å². The number of hydrogen-bond donors (Lipinski definition) is 3. The molecule has 27 heavy (non-hydrogen) atoms. The number of aryl methyl sites for hydroxylation is 1. The number of nitrogens with one attached hydrogen (secondary N) is 3. The smallest absolute Gasteiger partial charge is 0.319 e. The molecule has 0 saturated carbocycles. The van der Waals surface area contributed by atoms with Gasteiger partial charge in [0.15, 0.2) is 0 Å². The lowest BCUT2D eigenvalue weighted by molar-refractivity contribution is 0.252. The Morgan fingerprint density at radius 2 is 1.85 bits per heavy atom. The van der Waals surface area contributed by atoms with Crippen molar-refractivity contribution in [2.24, 2.45) is 0 Å². The van der Waals surface area contributed by atoms with Gasteiger partial charge in [0.05, 0.1) is 0 Å². The van der Waals surface area contributed by atoms with Crippen LogP contribution in [0.15, 0.2) is 30.3 Å². The number of carbonyl (C=O) groups excluding carboxylic acids is 1. The van der Waals surface area contributed by atoms with Crippen LogP contribution >= 0.6 is 0 Å². The summed E-state index contributed by atoms with van der Waals surface area (Å²) in [5, 5.41) is 8.53. The number of hydrogen-bond acceptors (Lipinski definition) is 5. The molecule has 0 spiro atoms. The standard InChI is InChI=1S/C19H25FN6O/c1-14-13-17(26-11-3-2-4-12-26)25-18(23-14)21-9-10-22-19(27)24-16-7-5-15(20)6-8-16/h5-8,13H,2-4,9-12H2,1H3,(H,21,23,25)(H2,22,24,27). The highest BCUT2D eigenvalue weighted by Gasteiger charge is 2.13. The number of amides is 2. The van der Waals surface area contributed by atoms with Crippen molar-refractivity contribution < 1.29 is 9.18 Å². The third-order valence-corrected chi connectivity index (χ3v) is 4.32. The van der Waals surface area contributed by atoms with Crippen LogP contribution in [0.25, 0.3) is 0 Å². The van der Waals surface area contributed by atoms with Gasteiger partial charge in [-0.15, -0.1) is 0 Å². The maximum Gasteiger partial charge on any atom is 0.319 e. The minimum atomic E-state index is -0.345. The lowest BCUT2D eigenvalue weighted by atomic mass is 10.1. The van der Waals surface area contributed by atoms with E-state index in [2.05, 4.69) is 30.8 Å². The van der Waals surface area contributed by atoms with Crippen molar-refractivity contribution in [1.29, 1.82) is 0 Å². The minimum absolute atomic E-state index is 0.341. The van der Waals surface area contributed by atoms with Crippen molar-refractivity contribution in [2.75, 3.05) is 41.7 Å². The second-order valence-electron chi connectivity index (χ2n) is 6.55. The maximum atomic E-state index is 12.9. The number of carbonyl (C=O) groups is 1. The zero-order valence-corrected chi connectivity index (χ0v) is 15.5. The molecule has 1 saturated heterocycles. The average Bonchev–Trinajstić information content (AvgIpc) is 2.67. The molecular weight excluding hydrogens is 347 g/mol. The Bertz CT molecular complexity index is 761. The second kappa shape index (κ2) is 9.16. The van der Waals surface area contributed by atoms with Gasteiger partial charge in [0.25, 0.3) is 0 Å². The minimum Gasteiger partial charge on any atom is -0.356 e. The fourth-order valence-corrected chi connectivity index (χ4v) is 2.97. The molecule has 1 aromatic carbocycles. The second-order valence-corrected chi connectivity index (χ2v) is 6.55. The van der Waals surface area contributed by atoms with Crippen molar-refractivity contribution in [3.63, 3.8) is 0 Å². The molecule has 8 heteroatoms. The van der Waals surface area contributed by atoms with E-state index >= 15 is 0 Å². The van der Waals surface area contributed by atoms with E-state index in [9.17, 15) is 9.18 Å². The molecule has 0 atom stereocenters. The summed E-state index contributed by atoms with van der Waals surface area (Å²) in [5.41, 5.74) is 1.45. The van der Waals surface area contributed by atoms with Gasteiger partial charge in [0.2, 0.25) is 5.95 Å². The number of halogens is 1. The van der Waals surface area contributed by atoms with E-state index in [4.69, 9.17) is 0 Å². The lowest BCUT2D eigenvalue weighted by Gasteiger charge is -2.28.